The van der Waals surface area contributed by atoms with Gasteiger partial charge in [0.15, 0.2) is 5.82 Å². The van der Waals surface area contributed by atoms with Gasteiger partial charge in [0.1, 0.15) is 28.7 Å². The highest BCUT2D eigenvalue weighted by Gasteiger charge is 2.24. The van der Waals surface area contributed by atoms with E-state index in [-0.39, 0.29) is 17.8 Å². The molecule has 1 atom stereocenters. The van der Waals surface area contributed by atoms with Crippen molar-refractivity contribution in [1.82, 2.24) is 24.3 Å². The van der Waals surface area contributed by atoms with Crippen molar-refractivity contribution >= 4 is 17.4 Å². The molecule has 1 N–H and O–H groups in total. The van der Waals surface area contributed by atoms with E-state index in [0.29, 0.717) is 42.4 Å². The number of hydrogen-bond donors (Lipinski definition) is 1. The SMILES string of the molecule is COc1ccc(CCC(=O)N2CCC[C@H](Nc3ccnc(-c4cnc5ccc(F)cn45)n3)C2)cc1. The largest absolute Gasteiger partial charge is 0.497 e. The number of hydrogen-bond acceptors (Lipinski definition) is 6. The van der Waals surface area contributed by atoms with Gasteiger partial charge < -0.3 is 15.0 Å². The fraction of sp³-hybridized carbons (Fsp3) is 0.308. The van der Waals surface area contributed by atoms with Gasteiger partial charge in [-0.2, -0.15) is 0 Å². The minimum Gasteiger partial charge on any atom is -0.497 e. The maximum atomic E-state index is 13.7. The molecule has 1 saturated heterocycles. The van der Waals surface area contributed by atoms with Crippen LogP contribution in [0, 0.1) is 5.82 Å². The molecule has 3 aromatic heterocycles. The first-order chi connectivity index (χ1) is 17.1. The molecule has 1 aliphatic rings. The first-order valence-corrected chi connectivity index (χ1v) is 11.7. The summed E-state index contributed by atoms with van der Waals surface area (Å²) in [7, 11) is 1.64. The molecular weight excluding hydrogens is 447 g/mol. The number of nitrogens with zero attached hydrogens (tertiary/aromatic N) is 5. The van der Waals surface area contributed by atoms with Crippen LogP contribution in [0.3, 0.4) is 0 Å². The summed E-state index contributed by atoms with van der Waals surface area (Å²) in [6.45, 7) is 1.39. The predicted molar refractivity (Wildman–Crippen MR) is 131 cm³/mol. The quantitative estimate of drug-likeness (QED) is 0.436. The highest BCUT2D eigenvalue weighted by molar-refractivity contribution is 5.76. The van der Waals surface area contributed by atoms with Gasteiger partial charge in [0, 0.05) is 37.9 Å². The first kappa shape index (κ1) is 22.8. The molecular formula is C26H27FN6O2. The molecule has 4 heterocycles. The van der Waals surface area contributed by atoms with E-state index >= 15 is 0 Å². The number of ether oxygens (including phenoxy) is 1. The van der Waals surface area contributed by atoms with Crippen LogP contribution in [0.1, 0.15) is 24.8 Å². The van der Waals surface area contributed by atoms with Gasteiger partial charge in [-0.15, -0.1) is 0 Å². The first-order valence-electron chi connectivity index (χ1n) is 11.7. The third kappa shape index (κ3) is 5.24. The molecule has 1 aromatic carbocycles. The monoisotopic (exact) mass is 474 g/mol. The van der Waals surface area contributed by atoms with Gasteiger partial charge in [0.05, 0.1) is 13.3 Å². The molecule has 0 radical (unpaired) electrons. The minimum absolute atomic E-state index is 0.0936. The Kier molecular flexibility index (Phi) is 6.56. The molecule has 0 aliphatic carbocycles. The molecule has 8 nitrogen and oxygen atoms in total. The second-order valence-electron chi connectivity index (χ2n) is 8.66. The lowest BCUT2D eigenvalue weighted by atomic mass is 10.0. The number of carbonyl (C=O) groups is 1. The number of nitrogens with one attached hydrogen (secondary N) is 1. The van der Waals surface area contributed by atoms with E-state index in [1.807, 2.05) is 29.2 Å². The number of halogens is 1. The van der Waals surface area contributed by atoms with Crippen LogP contribution in [0.4, 0.5) is 10.2 Å². The molecule has 0 saturated carbocycles. The number of carbonyl (C=O) groups excluding carboxylic acids is 1. The van der Waals surface area contributed by atoms with Crippen LogP contribution in [-0.2, 0) is 11.2 Å². The van der Waals surface area contributed by atoms with Crippen LogP contribution in [-0.4, -0.2) is 56.4 Å². The minimum atomic E-state index is -0.356. The molecule has 35 heavy (non-hydrogen) atoms. The molecule has 5 rings (SSSR count). The van der Waals surface area contributed by atoms with Crippen molar-refractivity contribution in [3.05, 3.63) is 72.4 Å². The Balaban J connectivity index is 1.22. The standard InChI is InChI=1S/C26H27FN6O2/c1-35-21-8-4-18(5-9-21)6-11-25(34)32-14-2-3-20(17-32)30-23-12-13-28-26(31-23)22-15-29-24-10-7-19(27)16-33(22)24/h4-5,7-10,12-13,15-16,20H,2-3,6,11,14,17H2,1H3,(H,28,30,31)/t20-/m0/s1. The molecule has 9 heteroatoms. The molecule has 1 amide bonds. The van der Waals surface area contributed by atoms with Gasteiger partial charge in [0.2, 0.25) is 5.91 Å². The van der Waals surface area contributed by atoms with Crippen molar-refractivity contribution in [3.63, 3.8) is 0 Å². The average Bonchev–Trinajstić information content (AvgIpc) is 3.31. The summed E-state index contributed by atoms with van der Waals surface area (Å²) in [5.41, 5.74) is 2.35. The third-order valence-electron chi connectivity index (χ3n) is 6.27. The van der Waals surface area contributed by atoms with Crippen molar-refractivity contribution in [3.8, 4) is 17.3 Å². The Labute approximate surface area is 202 Å². The summed E-state index contributed by atoms with van der Waals surface area (Å²) >= 11 is 0. The van der Waals surface area contributed by atoms with Crippen molar-refractivity contribution in [2.45, 2.75) is 31.7 Å². The maximum Gasteiger partial charge on any atom is 0.222 e. The van der Waals surface area contributed by atoms with E-state index in [9.17, 15) is 9.18 Å². The number of aryl methyl sites for hydroxylation is 1. The smallest absolute Gasteiger partial charge is 0.222 e. The van der Waals surface area contributed by atoms with Gasteiger partial charge >= 0.3 is 0 Å². The summed E-state index contributed by atoms with van der Waals surface area (Å²) in [4.78, 5) is 28.1. The van der Waals surface area contributed by atoms with Gasteiger partial charge in [0.25, 0.3) is 0 Å². The number of amides is 1. The van der Waals surface area contributed by atoms with E-state index in [1.54, 1.807) is 36.0 Å². The summed E-state index contributed by atoms with van der Waals surface area (Å²) in [5, 5.41) is 3.45. The van der Waals surface area contributed by atoms with Crippen LogP contribution >= 0.6 is 0 Å². The molecule has 0 bridgehead atoms. The highest BCUT2D eigenvalue weighted by atomic mass is 19.1. The number of likely N-dealkylation sites (tertiary alicyclic amines) is 1. The number of fused-ring (bicyclic) bond motifs is 1. The Morgan fingerprint density at radius 2 is 2.03 bits per heavy atom. The van der Waals surface area contributed by atoms with Crippen molar-refractivity contribution < 1.29 is 13.9 Å². The van der Waals surface area contributed by atoms with E-state index in [4.69, 9.17) is 4.74 Å². The lowest BCUT2D eigenvalue weighted by Crippen LogP contribution is -2.45. The molecule has 1 aliphatic heterocycles. The highest BCUT2D eigenvalue weighted by Crippen LogP contribution is 2.21. The second-order valence-corrected chi connectivity index (χ2v) is 8.66. The Morgan fingerprint density at radius 1 is 1.17 bits per heavy atom. The maximum absolute atomic E-state index is 13.7. The zero-order chi connectivity index (χ0) is 24.2. The lowest BCUT2D eigenvalue weighted by Gasteiger charge is -2.33. The van der Waals surface area contributed by atoms with Gasteiger partial charge in [-0.05, 0) is 55.2 Å². The summed E-state index contributed by atoms with van der Waals surface area (Å²) in [6, 6.07) is 12.7. The Morgan fingerprint density at radius 3 is 2.86 bits per heavy atom. The number of methoxy groups -OCH3 is 1. The fourth-order valence-electron chi connectivity index (χ4n) is 4.41. The van der Waals surface area contributed by atoms with Crippen molar-refractivity contribution in [2.24, 2.45) is 0 Å². The Bertz CT molecular complexity index is 1320. The van der Waals surface area contributed by atoms with Crippen molar-refractivity contribution in [2.75, 3.05) is 25.5 Å². The number of pyridine rings is 1. The van der Waals surface area contributed by atoms with E-state index in [2.05, 4.69) is 20.3 Å². The molecule has 0 unspecified atom stereocenters. The molecule has 1 fully saturated rings. The number of rotatable bonds is 7. The van der Waals surface area contributed by atoms with Crippen LogP contribution in [0.2, 0.25) is 0 Å². The zero-order valence-corrected chi connectivity index (χ0v) is 19.5. The van der Waals surface area contributed by atoms with Gasteiger partial charge in [-0.3, -0.25) is 9.20 Å². The summed E-state index contributed by atoms with van der Waals surface area (Å²) in [6.07, 6.45) is 7.73. The van der Waals surface area contributed by atoms with Crippen LogP contribution < -0.4 is 10.1 Å². The Hall–Kier alpha value is -4.01. The number of piperidine rings is 1. The molecule has 0 spiro atoms. The topological polar surface area (TPSA) is 84.6 Å². The summed E-state index contributed by atoms with van der Waals surface area (Å²) in [5.74, 6) is 1.73. The predicted octanol–water partition coefficient (Wildman–Crippen LogP) is 3.97. The number of benzene rings is 1. The van der Waals surface area contributed by atoms with Crippen LogP contribution in [0.5, 0.6) is 5.75 Å². The van der Waals surface area contributed by atoms with Gasteiger partial charge in [-0.1, -0.05) is 12.1 Å². The van der Waals surface area contributed by atoms with Gasteiger partial charge in [-0.25, -0.2) is 19.3 Å². The normalized spacial score (nSPS) is 15.8. The fourth-order valence-corrected chi connectivity index (χ4v) is 4.41. The zero-order valence-electron chi connectivity index (χ0n) is 19.5. The third-order valence-corrected chi connectivity index (χ3v) is 6.27. The lowest BCUT2D eigenvalue weighted by molar-refractivity contribution is -0.132. The number of anilines is 1. The van der Waals surface area contributed by atoms with Crippen LogP contribution in [0.25, 0.3) is 17.2 Å². The van der Waals surface area contributed by atoms with E-state index in [1.165, 1.54) is 12.3 Å². The molecule has 180 valence electrons. The number of aromatic nitrogens is 4. The second kappa shape index (κ2) is 10.1. The van der Waals surface area contributed by atoms with E-state index < -0.39 is 0 Å². The number of imidazole rings is 1. The molecule has 4 aromatic rings. The van der Waals surface area contributed by atoms with Crippen LogP contribution in [0.15, 0.2) is 61.1 Å². The average molecular weight is 475 g/mol. The van der Waals surface area contributed by atoms with Crippen molar-refractivity contribution in [1.29, 1.82) is 0 Å². The summed E-state index contributed by atoms with van der Waals surface area (Å²) < 4.78 is 20.6. The van der Waals surface area contributed by atoms with E-state index in [0.717, 1.165) is 30.7 Å².